The molecule has 0 bridgehead atoms. The second-order valence-electron chi connectivity index (χ2n) is 5.37. The van der Waals surface area contributed by atoms with E-state index in [2.05, 4.69) is 0 Å². The molecule has 1 atom stereocenters. The van der Waals surface area contributed by atoms with Crippen LogP contribution in [-0.4, -0.2) is 76.7 Å². The van der Waals surface area contributed by atoms with E-state index in [1.54, 1.807) is 0 Å². The van der Waals surface area contributed by atoms with Crippen LogP contribution in [0.1, 0.15) is 13.3 Å². The van der Waals surface area contributed by atoms with Gasteiger partial charge in [0.2, 0.25) is 0 Å². The van der Waals surface area contributed by atoms with E-state index >= 15 is 0 Å². The highest BCUT2D eigenvalue weighted by molar-refractivity contribution is 7.47. The number of hydrogen-bond donors (Lipinski definition) is 1. The lowest BCUT2D eigenvalue weighted by molar-refractivity contribution is -0.870. The summed E-state index contributed by atoms with van der Waals surface area (Å²) in [6.45, 7) is 4.76. The first-order chi connectivity index (χ1) is 9.27. The minimum Gasteiger partial charge on any atom is -0.379 e. The Labute approximate surface area is 122 Å². The molecule has 0 aliphatic heterocycles. The van der Waals surface area contributed by atoms with E-state index in [-0.39, 0.29) is 19.8 Å². The molecule has 0 radical (unpaired) electrons. The molecule has 0 aliphatic carbocycles. The zero-order valence-corrected chi connectivity index (χ0v) is 13.9. The van der Waals surface area contributed by atoms with Crippen LogP contribution in [0.25, 0.3) is 0 Å². The Bertz CT molecular complexity index is 282. The van der Waals surface area contributed by atoms with Crippen molar-refractivity contribution in [3.8, 4) is 0 Å². The second kappa shape index (κ2) is 10.7. The number of phosphoric ester groups is 1. The summed E-state index contributed by atoms with van der Waals surface area (Å²) < 4.78 is 32.2. The van der Waals surface area contributed by atoms with E-state index < -0.39 is 7.82 Å². The fourth-order valence-corrected chi connectivity index (χ4v) is 1.84. The van der Waals surface area contributed by atoms with Crippen LogP contribution in [0, 0.1) is 0 Å². The predicted octanol–water partition coefficient (Wildman–Crippen LogP) is 1.27. The molecule has 0 spiro atoms. The predicted molar refractivity (Wildman–Crippen MR) is 76.6 cm³/mol. The highest BCUT2D eigenvalue weighted by atomic mass is 31.2. The third kappa shape index (κ3) is 14.4. The first kappa shape index (κ1) is 20.0. The topological polar surface area (TPSA) is 74.2 Å². The van der Waals surface area contributed by atoms with Crippen LogP contribution < -0.4 is 0 Å². The molecule has 0 saturated heterocycles. The standard InChI is InChI=1S/C12H28NO6P/c1-5-7-16-9-10-17-11-12-19-20(14,15)18-8-6-13(2,3)4/h5-12H2,1-4H3/p+1. The monoisotopic (exact) mass is 314 g/mol. The van der Waals surface area contributed by atoms with E-state index in [1.807, 2.05) is 28.1 Å². The second-order valence-corrected chi connectivity index (χ2v) is 6.83. The molecule has 1 N–H and O–H groups in total. The number of likely N-dealkylation sites (N-methyl/N-ethyl adjacent to an activating group) is 1. The summed E-state index contributed by atoms with van der Waals surface area (Å²) in [5, 5.41) is 0. The molecule has 0 aromatic heterocycles. The maximum Gasteiger partial charge on any atom is 0.472 e. The normalized spacial score (nSPS) is 15.2. The third-order valence-electron chi connectivity index (χ3n) is 2.22. The Morgan fingerprint density at radius 1 is 0.900 bits per heavy atom. The van der Waals surface area contributed by atoms with Gasteiger partial charge >= 0.3 is 7.82 Å². The molecule has 122 valence electrons. The molecule has 0 fully saturated rings. The fourth-order valence-electron chi connectivity index (χ4n) is 1.15. The summed E-state index contributed by atoms with van der Waals surface area (Å²) in [7, 11) is 1.95. The number of hydrogen-bond acceptors (Lipinski definition) is 5. The van der Waals surface area contributed by atoms with Crippen molar-refractivity contribution >= 4 is 7.82 Å². The smallest absolute Gasteiger partial charge is 0.379 e. The maximum atomic E-state index is 11.5. The van der Waals surface area contributed by atoms with Crippen LogP contribution >= 0.6 is 7.82 Å². The molecule has 7 nitrogen and oxygen atoms in total. The molecule has 0 amide bonds. The average molecular weight is 314 g/mol. The van der Waals surface area contributed by atoms with Crippen LogP contribution in [0.3, 0.4) is 0 Å². The molecule has 0 rings (SSSR count). The number of quaternary nitrogens is 1. The molecule has 0 aromatic rings. The van der Waals surface area contributed by atoms with Crippen molar-refractivity contribution in [1.29, 1.82) is 0 Å². The minimum absolute atomic E-state index is 0.0198. The van der Waals surface area contributed by atoms with Gasteiger partial charge in [0.15, 0.2) is 0 Å². The minimum atomic E-state index is -3.97. The van der Waals surface area contributed by atoms with Gasteiger partial charge in [-0.3, -0.25) is 9.05 Å². The van der Waals surface area contributed by atoms with Gasteiger partial charge in [-0.15, -0.1) is 0 Å². The summed E-state index contributed by atoms with van der Waals surface area (Å²) in [5.41, 5.74) is 0. The number of ether oxygens (including phenoxy) is 2. The third-order valence-corrected chi connectivity index (χ3v) is 3.24. The molecule has 0 heterocycles. The van der Waals surface area contributed by atoms with Gasteiger partial charge in [0.25, 0.3) is 0 Å². The van der Waals surface area contributed by atoms with Crippen LogP contribution in [0.4, 0.5) is 0 Å². The van der Waals surface area contributed by atoms with E-state index in [1.165, 1.54) is 0 Å². The molecular formula is C12H29NO6P+. The highest BCUT2D eigenvalue weighted by Gasteiger charge is 2.22. The van der Waals surface area contributed by atoms with Crippen molar-refractivity contribution < 1.29 is 32.5 Å². The Morgan fingerprint density at radius 3 is 1.95 bits per heavy atom. The SMILES string of the molecule is CCCOCCOCCOP(=O)(O)OCC[N+](C)(C)C. The van der Waals surface area contributed by atoms with Crippen molar-refractivity contribution in [1.82, 2.24) is 0 Å². The first-order valence-electron chi connectivity index (χ1n) is 6.84. The van der Waals surface area contributed by atoms with Gasteiger partial charge in [0.05, 0.1) is 47.6 Å². The van der Waals surface area contributed by atoms with Crippen molar-refractivity contribution in [3.05, 3.63) is 0 Å². The summed E-state index contributed by atoms with van der Waals surface area (Å²) >= 11 is 0. The van der Waals surface area contributed by atoms with Gasteiger partial charge in [-0.2, -0.15) is 0 Å². The van der Waals surface area contributed by atoms with Crippen molar-refractivity contribution in [3.63, 3.8) is 0 Å². The Hall–Kier alpha value is -0.0100. The molecule has 8 heteroatoms. The van der Waals surface area contributed by atoms with Crippen molar-refractivity contribution in [2.45, 2.75) is 13.3 Å². The molecule has 0 saturated carbocycles. The van der Waals surface area contributed by atoms with E-state index in [4.69, 9.17) is 18.5 Å². The van der Waals surface area contributed by atoms with Gasteiger partial charge in [-0.05, 0) is 6.42 Å². The van der Waals surface area contributed by atoms with E-state index in [9.17, 15) is 9.46 Å². The summed E-state index contributed by atoms with van der Waals surface area (Å²) in [4.78, 5) is 9.41. The lowest BCUT2D eigenvalue weighted by Gasteiger charge is -2.24. The highest BCUT2D eigenvalue weighted by Crippen LogP contribution is 2.42. The quantitative estimate of drug-likeness (QED) is 0.313. The molecule has 0 aliphatic rings. The summed E-state index contributed by atoms with van der Waals surface area (Å²) in [6, 6.07) is 0. The number of nitrogens with zero attached hydrogens (tertiary/aromatic N) is 1. The van der Waals surface area contributed by atoms with Gasteiger partial charge in [0.1, 0.15) is 13.2 Å². The number of phosphoric acid groups is 1. The average Bonchev–Trinajstić information content (AvgIpc) is 2.30. The molecular weight excluding hydrogens is 285 g/mol. The zero-order valence-electron chi connectivity index (χ0n) is 13.0. The Balaban J connectivity index is 3.50. The van der Waals surface area contributed by atoms with Gasteiger partial charge in [0, 0.05) is 6.61 Å². The largest absolute Gasteiger partial charge is 0.472 e. The molecule has 0 aromatic carbocycles. The summed E-state index contributed by atoms with van der Waals surface area (Å²) in [5.74, 6) is 0. The van der Waals surface area contributed by atoms with Gasteiger partial charge in [-0.25, -0.2) is 4.57 Å². The van der Waals surface area contributed by atoms with Gasteiger partial charge < -0.3 is 18.9 Å². The van der Waals surface area contributed by atoms with E-state index in [0.717, 1.165) is 6.42 Å². The van der Waals surface area contributed by atoms with Gasteiger partial charge in [-0.1, -0.05) is 6.92 Å². The Morgan fingerprint density at radius 2 is 1.40 bits per heavy atom. The Kier molecular flexibility index (Phi) is 10.7. The first-order valence-corrected chi connectivity index (χ1v) is 8.34. The van der Waals surface area contributed by atoms with Crippen LogP contribution in [0.15, 0.2) is 0 Å². The van der Waals surface area contributed by atoms with Crippen molar-refractivity contribution in [2.24, 2.45) is 0 Å². The summed E-state index contributed by atoms with van der Waals surface area (Å²) in [6.07, 6.45) is 0.974. The lowest BCUT2D eigenvalue weighted by atomic mass is 10.5. The van der Waals surface area contributed by atoms with E-state index in [0.29, 0.717) is 30.8 Å². The maximum absolute atomic E-state index is 11.5. The molecule has 1 unspecified atom stereocenters. The van der Waals surface area contributed by atoms with Crippen LogP contribution in [0.2, 0.25) is 0 Å². The fraction of sp³-hybridized carbons (Fsp3) is 1.00. The van der Waals surface area contributed by atoms with Crippen LogP contribution in [0.5, 0.6) is 0 Å². The molecule has 20 heavy (non-hydrogen) atoms. The van der Waals surface area contributed by atoms with Crippen LogP contribution in [-0.2, 0) is 23.1 Å². The zero-order chi connectivity index (χ0) is 15.5. The number of rotatable bonds is 13. The van der Waals surface area contributed by atoms with Crippen molar-refractivity contribution in [2.75, 3.05) is 67.3 Å². The lowest BCUT2D eigenvalue weighted by Crippen LogP contribution is -2.37.